The minimum atomic E-state index is 0.133. The molecule has 0 bridgehead atoms. The van der Waals surface area contributed by atoms with Gasteiger partial charge in [-0.15, -0.1) is 0 Å². The fourth-order valence-corrected chi connectivity index (χ4v) is 4.03. The maximum absolute atomic E-state index is 12.7. The molecule has 0 saturated heterocycles. The summed E-state index contributed by atoms with van der Waals surface area (Å²) in [6.45, 7) is 0. The topological polar surface area (TPSA) is 56.1 Å². The largest absolute Gasteiger partial charge is 0.394 e. The van der Waals surface area contributed by atoms with E-state index in [0.29, 0.717) is 23.0 Å². The van der Waals surface area contributed by atoms with Crippen LogP contribution >= 0.6 is 11.6 Å². The van der Waals surface area contributed by atoms with Crippen LogP contribution in [0.2, 0.25) is 5.02 Å². The molecule has 4 aromatic carbocycles. The molecule has 4 nitrogen and oxygen atoms in total. The molecule has 0 aliphatic rings. The Morgan fingerprint density at radius 3 is 2.41 bits per heavy atom. The maximum atomic E-state index is 12.7. The predicted octanol–water partition coefficient (Wildman–Crippen LogP) is 6.93. The molecule has 1 aromatic heterocycles. The Morgan fingerprint density at radius 1 is 0.853 bits per heavy atom. The normalized spacial score (nSPS) is 10.9. The lowest BCUT2D eigenvalue weighted by Gasteiger charge is -2.05. The molecule has 0 saturated carbocycles. The average Bonchev–Trinajstić information content (AvgIpc) is 2.88. The number of carbonyl (C=O) groups is 1. The van der Waals surface area contributed by atoms with Gasteiger partial charge in [-0.05, 0) is 71.3 Å². The number of benzene rings is 4. The van der Waals surface area contributed by atoms with Crippen LogP contribution < -0.4 is 10.3 Å². The molecular weight excluding hydrogens is 442 g/mol. The van der Waals surface area contributed by atoms with Crippen molar-refractivity contribution >= 4 is 39.8 Å². The zero-order chi connectivity index (χ0) is 23.3. The van der Waals surface area contributed by atoms with E-state index in [1.165, 1.54) is 16.3 Å². The number of Topliss-reactive ketones (excluding diaryl/α,β-unsaturated/α-hetero) is 1. The van der Waals surface area contributed by atoms with Crippen molar-refractivity contribution in [2.45, 2.75) is 12.8 Å². The third kappa shape index (κ3) is 5.13. The molecule has 0 aliphatic carbocycles. The molecule has 5 rings (SSSR count). The number of rotatable bonds is 7. The zero-order valence-corrected chi connectivity index (χ0v) is 19.2. The van der Waals surface area contributed by atoms with Gasteiger partial charge in [-0.1, -0.05) is 59.0 Å². The van der Waals surface area contributed by atoms with Gasteiger partial charge < -0.3 is 0 Å². The molecule has 1 heterocycles. The summed E-state index contributed by atoms with van der Waals surface area (Å²) in [7, 11) is 0. The molecule has 0 atom stereocenters. The van der Waals surface area contributed by atoms with Crippen LogP contribution in [-0.2, 0) is 6.42 Å². The number of aryl methyl sites for hydroxylation is 1. The maximum Gasteiger partial charge on any atom is 0.394 e. The minimum absolute atomic E-state index is 0.133. The number of hydrogen-bond donors (Lipinski definition) is 1. The Labute approximate surface area is 203 Å². The van der Waals surface area contributed by atoms with Gasteiger partial charge in [-0.3, -0.25) is 4.79 Å². The number of H-pyrrole nitrogens is 1. The monoisotopic (exact) mass is 464 g/mol. The highest BCUT2D eigenvalue weighted by atomic mass is 35.5. The molecule has 0 fully saturated rings. The molecule has 2 N–H and O–H groups in total. The van der Waals surface area contributed by atoms with Crippen LogP contribution in [0.1, 0.15) is 22.3 Å². The van der Waals surface area contributed by atoms with E-state index in [2.05, 4.69) is 45.6 Å². The van der Waals surface area contributed by atoms with Crippen molar-refractivity contribution in [3.05, 3.63) is 119 Å². The number of hydrogen-bond acceptors (Lipinski definition) is 3. The van der Waals surface area contributed by atoms with Crippen molar-refractivity contribution in [1.82, 2.24) is 4.98 Å². The fraction of sp³-hybridized carbons (Fsp3) is 0.0690. The lowest BCUT2D eigenvalue weighted by Crippen LogP contribution is -2.12. The first-order valence-electron chi connectivity index (χ1n) is 11.2. The Kier molecular flexibility index (Phi) is 6.32. The summed E-state index contributed by atoms with van der Waals surface area (Å²) in [5.74, 6) is 0.747. The molecule has 166 valence electrons. The highest BCUT2D eigenvalue weighted by Gasteiger charge is 2.12. The van der Waals surface area contributed by atoms with Gasteiger partial charge in [0.15, 0.2) is 11.5 Å². The minimum Gasteiger partial charge on any atom is -0.294 e. The summed E-state index contributed by atoms with van der Waals surface area (Å²) in [5, 5.41) is 6.37. The summed E-state index contributed by atoms with van der Waals surface area (Å²) in [4.78, 5) is 20.5. The third-order valence-electron chi connectivity index (χ3n) is 5.76. The lowest BCUT2D eigenvalue weighted by atomic mass is 10.0. The third-order valence-corrected chi connectivity index (χ3v) is 6.01. The second kappa shape index (κ2) is 9.86. The quantitative estimate of drug-likeness (QED) is 0.266. The highest BCUT2D eigenvalue weighted by molar-refractivity contribution is 6.30. The molecule has 0 aliphatic heterocycles. The summed E-state index contributed by atoms with van der Waals surface area (Å²) in [5.41, 5.74) is 4.54. The second-order valence-corrected chi connectivity index (χ2v) is 8.57. The first kappa shape index (κ1) is 21.8. The van der Waals surface area contributed by atoms with Gasteiger partial charge in [0.25, 0.3) is 0 Å². The van der Waals surface area contributed by atoms with Crippen molar-refractivity contribution < 1.29 is 9.78 Å². The highest BCUT2D eigenvalue weighted by Crippen LogP contribution is 2.21. The van der Waals surface area contributed by atoms with E-state index < -0.39 is 0 Å². The smallest absolute Gasteiger partial charge is 0.294 e. The second-order valence-electron chi connectivity index (χ2n) is 8.14. The van der Waals surface area contributed by atoms with Crippen molar-refractivity contribution in [1.29, 1.82) is 0 Å². The van der Waals surface area contributed by atoms with Gasteiger partial charge in [0, 0.05) is 28.6 Å². The van der Waals surface area contributed by atoms with Crippen LogP contribution in [0.15, 0.2) is 103 Å². The number of anilines is 2. The molecule has 0 spiro atoms. The van der Waals surface area contributed by atoms with Crippen LogP contribution in [0.4, 0.5) is 11.6 Å². The number of ketones is 1. The van der Waals surface area contributed by atoms with Gasteiger partial charge in [-0.2, -0.15) is 0 Å². The number of halogens is 1. The molecule has 5 heteroatoms. The SMILES string of the molecule is O=C(CCc1ccc2ccccc2c1)c1ccc(Nc2nc(-c3ccc(Cl)cc3)cc[nH+]2)cc1. The van der Waals surface area contributed by atoms with Gasteiger partial charge in [0.2, 0.25) is 0 Å². The van der Waals surface area contributed by atoms with Crippen molar-refractivity contribution in [3.8, 4) is 11.3 Å². The van der Waals surface area contributed by atoms with Gasteiger partial charge in [-0.25, -0.2) is 10.3 Å². The number of carbonyl (C=O) groups excluding carboxylic acids is 1. The van der Waals surface area contributed by atoms with Gasteiger partial charge in [0.1, 0.15) is 0 Å². The molecule has 0 amide bonds. The number of nitrogens with zero attached hydrogens (tertiary/aromatic N) is 1. The number of aromatic nitrogens is 2. The van der Waals surface area contributed by atoms with E-state index in [9.17, 15) is 4.79 Å². The van der Waals surface area contributed by atoms with Gasteiger partial charge in [0.05, 0.1) is 11.9 Å². The average molecular weight is 465 g/mol. The van der Waals surface area contributed by atoms with Crippen LogP contribution in [0.3, 0.4) is 0 Å². The predicted molar refractivity (Wildman–Crippen MR) is 138 cm³/mol. The Hall–Kier alpha value is -4.02. The van der Waals surface area contributed by atoms with E-state index in [4.69, 9.17) is 11.6 Å². The van der Waals surface area contributed by atoms with Crippen LogP contribution in [-0.4, -0.2) is 10.8 Å². The van der Waals surface area contributed by atoms with Gasteiger partial charge >= 0.3 is 5.95 Å². The Morgan fingerprint density at radius 2 is 1.62 bits per heavy atom. The van der Waals surface area contributed by atoms with Crippen LogP contribution in [0.25, 0.3) is 22.0 Å². The molecule has 0 unspecified atom stereocenters. The fourth-order valence-electron chi connectivity index (χ4n) is 3.91. The molecule has 5 aromatic rings. The standard InChI is InChI=1S/C29H22ClN3O/c30-25-12-8-22(9-13-25)27-17-18-31-29(33-27)32-26-14-10-23(11-15-26)28(34)16-6-20-5-7-21-3-1-2-4-24(21)19-20/h1-5,7-15,17-19H,6,16H2,(H,31,32,33)/p+1. The summed E-state index contributed by atoms with van der Waals surface area (Å²) >= 11 is 5.98. The first-order valence-corrected chi connectivity index (χ1v) is 11.5. The van der Waals surface area contributed by atoms with Crippen molar-refractivity contribution in [2.24, 2.45) is 0 Å². The Balaban J connectivity index is 1.22. The van der Waals surface area contributed by atoms with E-state index in [1.807, 2.05) is 72.9 Å². The van der Waals surface area contributed by atoms with Crippen LogP contribution in [0, 0.1) is 0 Å². The Bertz CT molecular complexity index is 1450. The summed E-state index contributed by atoms with van der Waals surface area (Å²) in [6.07, 6.45) is 3.04. The van der Waals surface area contributed by atoms with Crippen molar-refractivity contribution in [3.63, 3.8) is 0 Å². The molecule has 0 radical (unpaired) electrons. The summed E-state index contributed by atoms with van der Waals surface area (Å²) < 4.78 is 0. The number of nitrogens with one attached hydrogen (secondary N) is 2. The zero-order valence-electron chi connectivity index (χ0n) is 18.5. The lowest BCUT2D eigenvalue weighted by molar-refractivity contribution is -0.364. The first-order chi connectivity index (χ1) is 16.6. The van der Waals surface area contributed by atoms with Crippen LogP contribution in [0.5, 0.6) is 0 Å². The van der Waals surface area contributed by atoms with E-state index in [-0.39, 0.29) is 5.78 Å². The molecule has 34 heavy (non-hydrogen) atoms. The van der Waals surface area contributed by atoms with E-state index in [1.54, 1.807) is 0 Å². The number of fused-ring (bicyclic) bond motifs is 1. The number of aromatic amines is 1. The van der Waals surface area contributed by atoms with Crippen molar-refractivity contribution in [2.75, 3.05) is 5.32 Å². The van der Waals surface area contributed by atoms with E-state index >= 15 is 0 Å². The molecular formula is C29H23ClN3O+. The van der Waals surface area contributed by atoms with E-state index in [0.717, 1.165) is 23.4 Å². The summed E-state index contributed by atoms with van der Waals surface area (Å²) in [6, 6.07) is 31.6.